The van der Waals surface area contributed by atoms with E-state index in [-0.39, 0.29) is 0 Å². The van der Waals surface area contributed by atoms with E-state index in [1.807, 2.05) is 7.05 Å². The highest BCUT2D eigenvalue weighted by Gasteiger charge is 2.11. The van der Waals surface area contributed by atoms with Crippen LogP contribution in [0.1, 0.15) is 44.0 Å². The third kappa shape index (κ3) is 2.09. The Kier molecular flexibility index (Phi) is 3.25. The molecular weight excluding hydrogens is 208 g/mol. The number of hydrogen-bond donors (Lipinski definition) is 1. The molecule has 92 valence electrons. The topological polar surface area (TPSA) is 17.0 Å². The van der Waals surface area contributed by atoms with Crippen LogP contribution in [0.2, 0.25) is 0 Å². The third-order valence-electron chi connectivity index (χ3n) is 3.65. The Morgan fingerprint density at radius 1 is 1.12 bits per heavy atom. The molecule has 1 aromatic heterocycles. The van der Waals surface area contributed by atoms with Crippen LogP contribution in [0.3, 0.4) is 0 Å². The molecule has 0 fully saturated rings. The molecule has 1 N–H and O–H groups in total. The van der Waals surface area contributed by atoms with Crippen molar-refractivity contribution in [3.05, 3.63) is 35.5 Å². The molecule has 0 aliphatic heterocycles. The summed E-state index contributed by atoms with van der Waals surface area (Å²) in [6.45, 7) is 6.67. The van der Waals surface area contributed by atoms with Gasteiger partial charge in [0.15, 0.2) is 0 Å². The molecule has 17 heavy (non-hydrogen) atoms. The second kappa shape index (κ2) is 4.53. The summed E-state index contributed by atoms with van der Waals surface area (Å²) >= 11 is 0. The second-order valence-corrected chi connectivity index (χ2v) is 5.11. The summed E-state index contributed by atoms with van der Waals surface area (Å²) in [4.78, 5) is 0. The Labute approximate surface area is 104 Å². The van der Waals surface area contributed by atoms with Crippen LogP contribution in [0.5, 0.6) is 0 Å². The van der Waals surface area contributed by atoms with E-state index in [4.69, 9.17) is 0 Å². The van der Waals surface area contributed by atoms with Crippen molar-refractivity contribution in [2.45, 2.75) is 32.7 Å². The first kappa shape index (κ1) is 12.2. The smallest absolute Gasteiger partial charge is 0.0480 e. The molecule has 1 atom stereocenters. The minimum absolute atomic E-state index is 0.384. The van der Waals surface area contributed by atoms with E-state index < -0.39 is 0 Å². The van der Waals surface area contributed by atoms with E-state index in [1.165, 1.54) is 22.2 Å². The summed E-state index contributed by atoms with van der Waals surface area (Å²) in [5, 5.41) is 4.64. The fourth-order valence-corrected chi connectivity index (χ4v) is 2.31. The maximum absolute atomic E-state index is 3.30. The molecule has 0 aliphatic carbocycles. The second-order valence-electron chi connectivity index (χ2n) is 5.11. The predicted octanol–water partition coefficient (Wildman–Crippen LogP) is 3.58. The Morgan fingerprint density at radius 2 is 1.82 bits per heavy atom. The number of aromatic nitrogens is 1. The van der Waals surface area contributed by atoms with Crippen molar-refractivity contribution in [3.8, 4) is 0 Å². The minimum Gasteiger partial charge on any atom is -0.346 e. The first-order valence-electron chi connectivity index (χ1n) is 6.31. The molecule has 2 rings (SSSR count). The van der Waals surface area contributed by atoms with E-state index in [0.717, 1.165) is 0 Å². The van der Waals surface area contributed by atoms with Gasteiger partial charge in [-0.3, -0.25) is 0 Å². The van der Waals surface area contributed by atoms with E-state index in [2.05, 4.69) is 62.0 Å². The number of rotatable bonds is 3. The van der Waals surface area contributed by atoms with E-state index in [9.17, 15) is 0 Å². The molecule has 0 radical (unpaired) electrons. The zero-order chi connectivity index (χ0) is 12.6. The summed E-state index contributed by atoms with van der Waals surface area (Å²) in [7, 11) is 4.14. The standard InChI is InChI=1S/C15H22N2/c1-10(2)12-6-7-14-13(8-12)9-15(17(14)5)11(3)16-4/h6-11,16H,1-5H3. The largest absolute Gasteiger partial charge is 0.346 e. The normalized spacial score (nSPS) is 13.5. The quantitative estimate of drug-likeness (QED) is 0.852. The van der Waals surface area contributed by atoms with Gasteiger partial charge in [-0.15, -0.1) is 0 Å². The van der Waals surface area contributed by atoms with Gasteiger partial charge in [-0.1, -0.05) is 19.9 Å². The number of hydrogen-bond acceptors (Lipinski definition) is 1. The van der Waals surface area contributed by atoms with Crippen LogP contribution in [0, 0.1) is 0 Å². The van der Waals surface area contributed by atoms with Gasteiger partial charge in [-0.2, -0.15) is 0 Å². The van der Waals surface area contributed by atoms with Gasteiger partial charge in [0, 0.05) is 29.7 Å². The molecule has 2 heteroatoms. The van der Waals surface area contributed by atoms with E-state index >= 15 is 0 Å². The lowest BCUT2D eigenvalue weighted by atomic mass is 10.0. The lowest BCUT2D eigenvalue weighted by Gasteiger charge is -2.11. The molecule has 0 amide bonds. The molecule has 0 spiro atoms. The molecule has 1 heterocycles. The maximum atomic E-state index is 3.30. The van der Waals surface area contributed by atoms with Crippen LogP contribution in [0.25, 0.3) is 10.9 Å². The van der Waals surface area contributed by atoms with Crippen molar-refractivity contribution in [2.75, 3.05) is 7.05 Å². The Bertz CT molecular complexity index is 523. The number of fused-ring (bicyclic) bond motifs is 1. The third-order valence-corrected chi connectivity index (χ3v) is 3.65. The average molecular weight is 230 g/mol. The van der Waals surface area contributed by atoms with Crippen LogP contribution in [-0.2, 0) is 7.05 Å². The van der Waals surface area contributed by atoms with E-state index in [0.29, 0.717) is 12.0 Å². The Balaban J connectivity index is 2.57. The lowest BCUT2D eigenvalue weighted by Crippen LogP contribution is -2.15. The van der Waals surface area contributed by atoms with Crippen LogP contribution < -0.4 is 5.32 Å². The van der Waals surface area contributed by atoms with E-state index in [1.54, 1.807) is 0 Å². The summed E-state index contributed by atoms with van der Waals surface area (Å²) in [5.41, 5.74) is 4.06. The monoisotopic (exact) mass is 230 g/mol. The average Bonchev–Trinajstić information content (AvgIpc) is 2.65. The number of nitrogens with one attached hydrogen (secondary N) is 1. The molecule has 1 unspecified atom stereocenters. The molecule has 0 saturated carbocycles. The highest BCUT2D eigenvalue weighted by molar-refractivity contribution is 5.82. The van der Waals surface area contributed by atoms with Crippen molar-refractivity contribution in [3.63, 3.8) is 0 Å². The number of aryl methyl sites for hydroxylation is 1. The molecular formula is C15H22N2. The van der Waals surface area contributed by atoms with Gasteiger partial charge in [0.05, 0.1) is 0 Å². The number of nitrogens with zero attached hydrogens (tertiary/aromatic N) is 1. The fraction of sp³-hybridized carbons (Fsp3) is 0.467. The first-order valence-corrected chi connectivity index (χ1v) is 6.31. The summed E-state index contributed by atoms with van der Waals surface area (Å²) in [6.07, 6.45) is 0. The van der Waals surface area contributed by atoms with Gasteiger partial charge in [0.2, 0.25) is 0 Å². The van der Waals surface area contributed by atoms with Gasteiger partial charge < -0.3 is 9.88 Å². The minimum atomic E-state index is 0.384. The zero-order valence-electron chi connectivity index (χ0n) is 11.4. The molecule has 0 saturated heterocycles. The predicted molar refractivity (Wildman–Crippen MR) is 74.5 cm³/mol. The molecule has 0 aliphatic rings. The Hall–Kier alpha value is -1.28. The van der Waals surface area contributed by atoms with Crippen LogP contribution in [0.4, 0.5) is 0 Å². The lowest BCUT2D eigenvalue weighted by molar-refractivity contribution is 0.610. The summed E-state index contributed by atoms with van der Waals surface area (Å²) in [6, 6.07) is 9.46. The zero-order valence-corrected chi connectivity index (χ0v) is 11.4. The summed E-state index contributed by atoms with van der Waals surface area (Å²) < 4.78 is 2.28. The van der Waals surface area contributed by atoms with Crippen molar-refractivity contribution in [1.29, 1.82) is 0 Å². The molecule has 0 bridgehead atoms. The first-order chi connectivity index (χ1) is 8.04. The maximum Gasteiger partial charge on any atom is 0.0480 e. The Morgan fingerprint density at radius 3 is 2.41 bits per heavy atom. The summed E-state index contributed by atoms with van der Waals surface area (Å²) in [5.74, 6) is 0.588. The van der Waals surface area contributed by atoms with Crippen molar-refractivity contribution in [1.82, 2.24) is 9.88 Å². The molecule has 1 aromatic carbocycles. The van der Waals surface area contributed by atoms with Crippen molar-refractivity contribution < 1.29 is 0 Å². The van der Waals surface area contributed by atoms with Crippen molar-refractivity contribution >= 4 is 10.9 Å². The van der Waals surface area contributed by atoms with Gasteiger partial charge in [0.1, 0.15) is 0 Å². The molecule has 2 aromatic rings. The van der Waals surface area contributed by atoms with Crippen LogP contribution in [0.15, 0.2) is 24.3 Å². The number of benzene rings is 1. The SMILES string of the molecule is CNC(C)c1cc2cc(C(C)C)ccc2n1C. The van der Waals surface area contributed by atoms with Crippen LogP contribution >= 0.6 is 0 Å². The van der Waals surface area contributed by atoms with Crippen LogP contribution in [-0.4, -0.2) is 11.6 Å². The van der Waals surface area contributed by atoms with Gasteiger partial charge >= 0.3 is 0 Å². The molecule has 2 nitrogen and oxygen atoms in total. The van der Waals surface area contributed by atoms with Crippen molar-refractivity contribution in [2.24, 2.45) is 7.05 Å². The highest BCUT2D eigenvalue weighted by atomic mass is 15.0. The fourth-order valence-electron chi connectivity index (χ4n) is 2.31. The highest BCUT2D eigenvalue weighted by Crippen LogP contribution is 2.26. The van der Waals surface area contributed by atoms with Gasteiger partial charge in [-0.25, -0.2) is 0 Å². The van der Waals surface area contributed by atoms with Gasteiger partial charge in [0.25, 0.3) is 0 Å². The van der Waals surface area contributed by atoms with Gasteiger partial charge in [-0.05, 0) is 43.7 Å².